The molecule has 88 valence electrons. The van der Waals surface area contributed by atoms with E-state index in [2.05, 4.69) is 4.98 Å². The van der Waals surface area contributed by atoms with E-state index in [1.165, 1.54) is 0 Å². The lowest BCUT2D eigenvalue weighted by Crippen LogP contribution is -2.14. The summed E-state index contributed by atoms with van der Waals surface area (Å²) in [6.45, 7) is 0. The molecule has 0 amide bonds. The first-order chi connectivity index (χ1) is 8.16. The Morgan fingerprint density at radius 1 is 1.41 bits per heavy atom. The van der Waals surface area contributed by atoms with Crippen molar-refractivity contribution in [2.75, 3.05) is 0 Å². The Kier molecular flexibility index (Phi) is 3.20. The minimum absolute atomic E-state index is 0.0651. The molecule has 17 heavy (non-hydrogen) atoms. The molecule has 0 radical (unpaired) electrons. The van der Waals surface area contributed by atoms with Crippen molar-refractivity contribution in [3.63, 3.8) is 0 Å². The van der Waals surface area contributed by atoms with Gasteiger partial charge >= 0.3 is 5.97 Å². The fourth-order valence-corrected chi connectivity index (χ4v) is 1.61. The number of carboxylic acid groups (broad SMARTS) is 1. The van der Waals surface area contributed by atoms with Crippen LogP contribution in [0.1, 0.15) is 18.0 Å². The molecule has 0 bridgehead atoms. The number of carbonyl (C=O) groups is 1. The lowest BCUT2D eigenvalue weighted by atomic mass is 10.0. The van der Waals surface area contributed by atoms with Crippen molar-refractivity contribution in [2.45, 2.75) is 12.5 Å². The van der Waals surface area contributed by atoms with Gasteiger partial charge in [-0.05, 0) is 17.7 Å². The van der Waals surface area contributed by atoms with Gasteiger partial charge < -0.3 is 15.4 Å². The second-order valence-electron chi connectivity index (χ2n) is 3.77. The monoisotopic (exact) mass is 231 g/mol. The molecule has 5 nitrogen and oxygen atoms in total. The van der Waals surface area contributed by atoms with Gasteiger partial charge in [0.1, 0.15) is 0 Å². The molecule has 1 atom stereocenters. The van der Waals surface area contributed by atoms with E-state index in [-0.39, 0.29) is 6.42 Å². The van der Waals surface area contributed by atoms with E-state index in [9.17, 15) is 4.79 Å². The summed E-state index contributed by atoms with van der Waals surface area (Å²) in [5.41, 5.74) is 7.55. The predicted octanol–water partition coefficient (Wildman–Crippen LogP) is 1.35. The van der Waals surface area contributed by atoms with Crippen LogP contribution in [-0.4, -0.2) is 20.6 Å². The maximum atomic E-state index is 10.5. The first-order valence-electron chi connectivity index (χ1n) is 5.22. The molecule has 2 rings (SSSR count). The van der Waals surface area contributed by atoms with Gasteiger partial charge in [-0.15, -0.1) is 0 Å². The fraction of sp³-hybridized carbons (Fsp3) is 0.167. The Hall–Kier alpha value is -2.14. The number of aliphatic carboxylic acids is 1. The molecule has 1 unspecified atom stereocenters. The SMILES string of the molecule is NC(CC(=O)O)c1ccc(-n2ccnc2)cc1. The van der Waals surface area contributed by atoms with Crippen LogP contribution in [0.15, 0.2) is 43.0 Å². The fourth-order valence-electron chi connectivity index (χ4n) is 1.61. The topological polar surface area (TPSA) is 81.1 Å². The highest BCUT2D eigenvalue weighted by atomic mass is 16.4. The summed E-state index contributed by atoms with van der Waals surface area (Å²) in [5, 5.41) is 8.66. The Bertz CT molecular complexity index is 491. The smallest absolute Gasteiger partial charge is 0.305 e. The zero-order chi connectivity index (χ0) is 12.3. The molecule has 3 N–H and O–H groups in total. The zero-order valence-corrected chi connectivity index (χ0v) is 9.15. The minimum atomic E-state index is -0.892. The highest BCUT2D eigenvalue weighted by Crippen LogP contribution is 2.16. The van der Waals surface area contributed by atoms with Gasteiger partial charge in [-0.1, -0.05) is 12.1 Å². The number of aromatic nitrogens is 2. The molecule has 0 saturated carbocycles. The van der Waals surface area contributed by atoms with Gasteiger partial charge in [0.05, 0.1) is 12.7 Å². The number of hydrogen-bond acceptors (Lipinski definition) is 3. The first-order valence-corrected chi connectivity index (χ1v) is 5.22. The van der Waals surface area contributed by atoms with Gasteiger partial charge in [-0.25, -0.2) is 4.98 Å². The molecule has 5 heteroatoms. The van der Waals surface area contributed by atoms with Crippen LogP contribution in [0.2, 0.25) is 0 Å². The Morgan fingerprint density at radius 2 is 2.12 bits per heavy atom. The summed E-state index contributed by atoms with van der Waals surface area (Å²) < 4.78 is 1.87. The van der Waals surface area contributed by atoms with Crippen LogP contribution in [0.5, 0.6) is 0 Å². The highest BCUT2D eigenvalue weighted by molar-refractivity contribution is 5.67. The number of carboxylic acids is 1. The maximum absolute atomic E-state index is 10.5. The lowest BCUT2D eigenvalue weighted by Gasteiger charge is -2.10. The standard InChI is InChI=1S/C12H13N3O2/c13-11(7-12(16)17)9-1-3-10(4-2-9)15-6-5-14-8-15/h1-6,8,11H,7,13H2,(H,16,17). The molecule has 0 saturated heterocycles. The van der Waals surface area contributed by atoms with E-state index in [0.29, 0.717) is 0 Å². The van der Waals surface area contributed by atoms with Crippen molar-refractivity contribution >= 4 is 5.97 Å². The van der Waals surface area contributed by atoms with Crippen LogP contribution in [-0.2, 0) is 4.79 Å². The van der Waals surface area contributed by atoms with Gasteiger partial charge in [0.2, 0.25) is 0 Å². The summed E-state index contributed by atoms with van der Waals surface area (Å²) in [4.78, 5) is 14.5. The third kappa shape index (κ3) is 2.70. The maximum Gasteiger partial charge on any atom is 0.305 e. The summed E-state index contributed by atoms with van der Waals surface area (Å²) in [6, 6.07) is 6.98. The Balaban J connectivity index is 2.15. The van der Waals surface area contributed by atoms with Gasteiger partial charge in [0.15, 0.2) is 0 Å². The molecule has 0 aliphatic rings. The van der Waals surface area contributed by atoms with Crippen LogP contribution in [0.3, 0.4) is 0 Å². The number of nitrogens with two attached hydrogens (primary N) is 1. The number of hydrogen-bond donors (Lipinski definition) is 2. The molecule has 0 spiro atoms. The third-order valence-electron chi connectivity index (χ3n) is 2.52. The van der Waals surface area contributed by atoms with Gasteiger partial charge in [-0.3, -0.25) is 4.79 Å². The third-order valence-corrected chi connectivity index (χ3v) is 2.52. The lowest BCUT2D eigenvalue weighted by molar-refractivity contribution is -0.137. The summed E-state index contributed by atoms with van der Waals surface area (Å²) in [6.07, 6.45) is 5.17. The summed E-state index contributed by atoms with van der Waals surface area (Å²) in [7, 11) is 0. The minimum Gasteiger partial charge on any atom is -0.481 e. The molecule has 1 aromatic carbocycles. The van der Waals surface area contributed by atoms with E-state index in [0.717, 1.165) is 11.3 Å². The second kappa shape index (κ2) is 4.80. The van der Waals surface area contributed by atoms with E-state index < -0.39 is 12.0 Å². The van der Waals surface area contributed by atoms with Crippen molar-refractivity contribution in [3.8, 4) is 5.69 Å². The first kappa shape index (κ1) is 11.3. The number of nitrogens with zero attached hydrogens (tertiary/aromatic N) is 2. The quantitative estimate of drug-likeness (QED) is 0.832. The van der Waals surface area contributed by atoms with E-state index in [1.807, 2.05) is 35.0 Å². The molecular formula is C12H13N3O2. The van der Waals surface area contributed by atoms with Crippen LogP contribution in [0.25, 0.3) is 5.69 Å². The second-order valence-corrected chi connectivity index (χ2v) is 3.77. The van der Waals surface area contributed by atoms with Crippen molar-refractivity contribution < 1.29 is 9.90 Å². The van der Waals surface area contributed by atoms with Crippen LogP contribution in [0, 0.1) is 0 Å². The molecule has 1 heterocycles. The van der Waals surface area contributed by atoms with Crippen molar-refractivity contribution in [1.29, 1.82) is 0 Å². The zero-order valence-electron chi connectivity index (χ0n) is 9.15. The van der Waals surface area contributed by atoms with Gasteiger partial charge in [0.25, 0.3) is 0 Å². The Labute approximate surface area is 98.5 Å². The summed E-state index contributed by atoms with van der Waals surface area (Å²) in [5.74, 6) is -0.892. The average Bonchev–Trinajstić information content (AvgIpc) is 2.82. The van der Waals surface area contributed by atoms with Crippen molar-refractivity contribution in [1.82, 2.24) is 9.55 Å². The predicted molar refractivity (Wildman–Crippen MR) is 62.7 cm³/mol. The molecule has 0 aliphatic heterocycles. The molecule has 0 aliphatic carbocycles. The number of rotatable bonds is 4. The number of benzene rings is 1. The Morgan fingerprint density at radius 3 is 2.65 bits per heavy atom. The normalized spacial score (nSPS) is 12.3. The van der Waals surface area contributed by atoms with E-state index in [1.54, 1.807) is 12.5 Å². The molecule has 0 fully saturated rings. The summed E-state index contributed by atoms with van der Waals surface area (Å²) >= 11 is 0. The van der Waals surface area contributed by atoms with Crippen LogP contribution < -0.4 is 5.73 Å². The average molecular weight is 231 g/mol. The van der Waals surface area contributed by atoms with Crippen molar-refractivity contribution in [3.05, 3.63) is 48.5 Å². The van der Waals surface area contributed by atoms with Crippen molar-refractivity contribution in [2.24, 2.45) is 5.73 Å². The van der Waals surface area contributed by atoms with Crippen LogP contribution in [0.4, 0.5) is 0 Å². The molecular weight excluding hydrogens is 218 g/mol. The van der Waals surface area contributed by atoms with Gasteiger partial charge in [0, 0.05) is 24.1 Å². The van der Waals surface area contributed by atoms with Gasteiger partial charge in [-0.2, -0.15) is 0 Å². The van der Waals surface area contributed by atoms with E-state index >= 15 is 0 Å². The molecule has 1 aromatic heterocycles. The van der Waals surface area contributed by atoms with E-state index in [4.69, 9.17) is 10.8 Å². The molecule has 2 aromatic rings. The number of imidazole rings is 1. The highest BCUT2D eigenvalue weighted by Gasteiger charge is 2.10. The van der Waals surface area contributed by atoms with Crippen LogP contribution >= 0.6 is 0 Å². The largest absolute Gasteiger partial charge is 0.481 e.